The fourth-order valence-corrected chi connectivity index (χ4v) is 2.19. The van der Waals surface area contributed by atoms with Gasteiger partial charge in [-0.15, -0.1) is 0 Å². The molecule has 0 aromatic heterocycles. The Labute approximate surface area is 151 Å². The quantitative estimate of drug-likeness (QED) is 0.765. The number of hydrogen-bond donors (Lipinski definition) is 1. The average molecular weight is 362 g/mol. The number of esters is 1. The van der Waals surface area contributed by atoms with Gasteiger partial charge in [0.05, 0.1) is 6.54 Å². The molecule has 0 fully saturated rings. The molecule has 0 saturated carbocycles. The molecule has 2 rings (SSSR count). The molecule has 1 atom stereocenters. The van der Waals surface area contributed by atoms with Crippen molar-refractivity contribution in [3.8, 4) is 0 Å². The highest BCUT2D eigenvalue weighted by Crippen LogP contribution is 2.10. The third kappa shape index (κ3) is 5.51. The van der Waals surface area contributed by atoms with Crippen molar-refractivity contribution in [2.45, 2.75) is 20.0 Å². The van der Waals surface area contributed by atoms with Gasteiger partial charge in [0.25, 0.3) is 5.91 Å². The molecule has 0 saturated heterocycles. The number of ether oxygens (including phenoxy) is 3. The maximum absolute atomic E-state index is 12.3. The lowest BCUT2D eigenvalue weighted by Gasteiger charge is -2.22. The Morgan fingerprint density at radius 2 is 1.92 bits per heavy atom. The Hall–Kier alpha value is -3.03. The zero-order chi connectivity index (χ0) is 19.1. The van der Waals surface area contributed by atoms with Crippen LogP contribution in [0.4, 0.5) is 5.69 Å². The fraction of sp³-hybridized carbons (Fsp3) is 0.389. The van der Waals surface area contributed by atoms with Crippen molar-refractivity contribution in [2.24, 2.45) is 0 Å². The lowest BCUT2D eigenvalue weighted by molar-refractivity contribution is -0.159. The molecule has 1 aliphatic rings. The highest BCUT2D eigenvalue weighted by Gasteiger charge is 2.26. The van der Waals surface area contributed by atoms with Crippen molar-refractivity contribution >= 4 is 23.5 Å². The van der Waals surface area contributed by atoms with Crippen molar-refractivity contribution in [1.29, 1.82) is 0 Å². The normalized spacial score (nSPS) is 14.2. The Balaban J connectivity index is 1.83. The lowest BCUT2D eigenvalue weighted by atomic mass is 10.2. The molecule has 0 radical (unpaired) electrons. The highest BCUT2D eigenvalue weighted by atomic mass is 16.6. The summed E-state index contributed by atoms with van der Waals surface area (Å²) in [5.74, 6) is -1.73. The molecular formula is C18H22N2O6. The molecule has 2 amide bonds. The zero-order valence-electron chi connectivity index (χ0n) is 15.0. The second-order valence-corrected chi connectivity index (χ2v) is 5.86. The smallest absolute Gasteiger partial charge is 0.377 e. The summed E-state index contributed by atoms with van der Waals surface area (Å²) < 4.78 is 15.1. The summed E-state index contributed by atoms with van der Waals surface area (Å²) >= 11 is 0. The number of nitrogens with zero attached hydrogens (tertiary/aromatic N) is 1. The van der Waals surface area contributed by atoms with Gasteiger partial charge in [0.1, 0.15) is 19.5 Å². The maximum Gasteiger partial charge on any atom is 0.377 e. The van der Waals surface area contributed by atoms with E-state index in [1.54, 1.807) is 12.1 Å². The van der Waals surface area contributed by atoms with E-state index in [0.29, 0.717) is 12.3 Å². The number of carbonyl (C=O) groups is 3. The van der Waals surface area contributed by atoms with Gasteiger partial charge in [-0.05, 0) is 26.0 Å². The fourth-order valence-electron chi connectivity index (χ4n) is 2.19. The molecule has 1 aliphatic heterocycles. The first-order valence-electron chi connectivity index (χ1n) is 8.14. The SMILES string of the molecule is Cc1ccc(NC(=O)CN(C)C(=O)[C@H](C)OC(=O)C2=COCCO2)cc1. The van der Waals surface area contributed by atoms with E-state index in [1.807, 2.05) is 19.1 Å². The number of nitrogens with one attached hydrogen (secondary N) is 1. The molecule has 0 spiro atoms. The van der Waals surface area contributed by atoms with Gasteiger partial charge in [-0.1, -0.05) is 17.7 Å². The van der Waals surface area contributed by atoms with E-state index in [4.69, 9.17) is 14.2 Å². The van der Waals surface area contributed by atoms with Crippen molar-refractivity contribution < 1.29 is 28.6 Å². The molecular weight excluding hydrogens is 340 g/mol. The number of anilines is 1. The molecule has 1 N–H and O–H groups in total. The monoisotopic (exact) mass is 362 g/mol. The van der Waals surface area contributed by atoms with E-state index in [1.165, 1.54) is 18.9 Å². The van der Waals surface area contributed by atoms with Gasteiger partial charge in [-0.3, -0.25) is 9.59 Å². The van der Waals surface area contributed by atoms with Crippen LogP contribution in [0.5, 0.6) is 0 Å². The largest absolute Gasteiger partial charge is 0.493 e. The number of likely N-dealkylation sites (N-methyl/N-ethyl adjacent to an activating group) is 1. The van der Waals surface area contributed by atoms with Crippen LogP contribution in [-0.2, 0) is 28.6 Å². The minimum atomic E-state index is -1.06. The van der Waals surface area contributed by atoms with Crippen molar-refractivity contribution in [1.82, 2.24) is 4.90 Å². The number of hydrogen-bond acceptors (Lipinski definition) is 6. The molecule has 140 valence electrons. The molecule has 8 nitrogen and oxygen atoms in total. The maximum atomic E-state index is 12.3. The van der Waals surface area contributed by atoms with E-state index in [0.717, 1.165) is 11.8 Å². The Morgan fingerprint density at radius 1 is 1.23 bits per heavy atom. The molecule has 0 unspecified atom stereocenters. The Morgan fingerprint density at radius 3 is 2.54 bits per heavy atom. The van der Waals surface area contributed by atoms with E-state index in [-0.39, 0.29) is 24.8 Å². The van der Waals surface area contributed by atoms with Gasteiger partial charge in [-0.2, -0.15) is 0 Å². The van der Waals surface area contributed by atoms with Crippen molar-refractivity contribution in [2.75, 3.05) is 32.1 Å². The van der Waals surface area contributed by atoms with Crippen LogP contribution < -0.4 is 5.32 Å². The van der Waals surface area contributed by atoms with Gasteiger partial charge in [0.15, 0.2) is 6.10 Å². The summed E-state index contributed by atoms with van der Waals surface area (Å²) in [7, 11) is 1.46. The first kappa shape index (κ1) is 19.3. The number of amides is 2. The number of benzene rings is 1. The van der Waals surface area contributed by atoms with Crippen LogP contribution in [-0.4, -0.2) is 55.6 Å². The molecule has 8 heteroatoms. The van der Waals surface area contributed by atoms with Gasteiger partial charge in [0, 0.05) is 12.7 Å². The summed E-state index contributed by atoms with van der Waals surface area (Å²) in [5, 5.41) is 2.70. The number of rotatable bonds is 6. The van der Waals surface area contributed by atoms with Crippen molar-refractivity contribution in [3.05, 3.63) is 41.9 Å². The predicted molar refractivity (Wildman–Crippen MR) is 93.0 cm³/mol. The first-order chi connectivity index (χ1) is 12.4. The van der Waals surface area contributed by atoms with Crippen LogP contribution >= 0.6 is 0 Å². The summed E-state index contributed by atoms with van der Waals surface area (Å²) in [5.41, 5.74) is 1.72. The van der Waals surface area contributed by atoms with E-state index in [2.05, 4.69) is 5.32 Å². The van der Waals surface area contributed by atoms with E-state index >= 15 is 0 Å². The number of aryl methyl sites for hydroxylation is 1. The second kappa shape index (κ2) is 8.89. The van der Waals surface area contributed by atoms with Gasteiger partial charge < -0.3 is 24.4 Å². The van der Waals surface area contributed by atoms with Crippen LogP contribution in [0.3, 0.4) is 0 Å². The zero-order valence-corrected chi connectivity index (χ0v) is 15.0. The van der Waals surface area contributed by atoms with E-state index in [9.17, 15) is 14.4 Å². The third-order valence-electron chi connectivity index (χ3n) is 3.57. The minimum absolute atomic E-state index is 0.0873. The summed E-state index contributed by atoms with van der Waals surface area (Å²) in [6.45, 7) is 3.80. The van der Waals surface area contributed by atoms with E-state index < -0.39 is 18.0 Å². The lowest BCUT2D eigenvalue weighted by Crippen LogP contribution is -2.41. The summed E-state index contributed by atoms with van der Waals surface area (Å²) in [4.78, 5) is 37.4. The average Bonchev–Trinajstić information content (AvgIpc) is 2.63. The molecule has 1 heterocycles. The highest BCUT2D eigenvalue weighted by molar-refractivity contribution is 5.95. The summed E-state index contributed by atoms with van der Waals surface area (Å²) in [6.07, 6.45) is 0.0907. The summed E-state index contributed by atoms with van der Waals surface area (Å²) in [6, 6.07) is 7.30. The van der Waals surface area contributed by atoms with Crippen LogP contribution in [0.25, 0.3) is 0 Å². The number of carbonyl (C=O) groups excluding carboxylic acids is 3. The van der Waals surface area contributed by atoms with Gasteiger partial charge in [0.2, 0.25) is 11.7 Å². The molecule has 0 aliphatic carbocycles. The molecule has 1 aromatic rings. The van der Waals surface area contributed by atoms with Crippen LogP contribution in [0, 0.1) is 6.92 Å². The van der Waals surface area contributed by atoms with Crippen molar-refractivity contribution in [3.63, 3.8) is 0 Å². The minimum Gasteiger partial charge on any atom is -0.493 e. The third-order valence-corrected chi connectivity index (χ3v) is 3.57. The van der Waals surface area contributed by atoms with Gasteiger partial charge >= 0.3 is 5.97 Å². The molecule has 26 heavy (non-hydrogen) atoms. The topological polar surface area (TPSA) is 94.2 Å². The first-order valence-corrected chi connectivity index (χ1v) is 8.14. The van der Waals surface area contributed by atoms with Crippen LogP contribution in [0.1, 0.15) is 12.5 Å². The second-order valence-electron chi connectivity index (χ2n) is 5.86. The Kier molecular flexibility index (Phi) is 6.60. The predicted octanol–water partition coefficient (Wildman–Crippen LogP) is 1.21. The van der Waals surface area contributed by atoms with Gasteiger partial charge in [-0.25, -0.2) is 4.79 Å². The van der Waals surface area contributed by atoms with Crippen LogP contribution in [0.15, 0.2) is 36.3 Å². The standard InChI is InChI=1S/C18H22N2O6/c1-12-4-6-14(7-5-12)19-16(21)10-20(3)17(22)13(2)26-18(23)15-11-24-8-9-25-15/h4-7,11,13H,8-10H2,1-3H3,(H,19,21)/t13-/m0/s1. The Bertz CT molecular complexity index is 698. The molecule has 0 bridgehead atoms. The van der Waals surface area contributed by atoms with Crippen LogP contribution in [0.2, 0.25) is 0 Å². The molecule has 1 aromatic carbocycles.